The minimum absolute atomic E-state index is 0.832. The Morgan fingerprint density at radius 1 is 1.00 bits per heavy atom. The number of aryl methyl sites for hydroxylation is 1. The van der Waals surface area contributed by atoms with Crippen LogP contribution in [0.4, 0.5) is 0 Å². The van der Waals surface area contributed by atoms with E-state index in [4.69, 9.17) is 4.84 Å². The smallest absolute Gasteiger partial charge is 0.157 e. The van der Waals surface area contributed by atoms with Crippen molar-refractivity contribution in [2.45, 2.75) is 39.0 Å². The number of rotatable bonds is 2. The second-order valence-electron chi connectivity index (χ2n) is 4.12. The van der Waals surface area contributed by atoms with Crippen LogP contribution in [-0.4, -0.2) is 5.71 Å². The minimum atomic E-state index is 0.832. The predicted octanol–water partition coefficient (Wildman–Crippen LogP) is 3.69. The fraction of sp³-hybridized carbons (Fsp3) is 0.462. The van der Waals surface area contributed by atoms with E-state index in [2.05, 4.69) is 12.1 Å². The standard InChI is InChI=1S/C13H17NO/c1-11-7-9-13(10-8-11)15-14-12-5-3-2-4-6-12/h7-10H,2-6H2,1H3. The summed E-state index contributed by atoms with van der Waals surface area (Å²) in [4.78, 5) is 5.39. The predicted molar refractivity (Wildman–Crippen MR) is 62.3 cm³/mol. The van der Waals surface area contributed by atoms with E-state index in [0.717, 1.165) is 18.6 Å². The zero-order valence-electron chi connectivity index (χ0n) is 9.20. The van der Waals surface area contributed by atoms with Crippen molar-refractivity contribution < 1.29 is 4.84 Å². The van der Waals surface area contributed by atoms with Crippen molar-refractivity contribution in [1.82, 2.24) is 0 Å². The molecule has 1 aromatic carbocycles. The minimum Gasteiger partial charge on any atom is -0.357 e. The molecule has 2 nitrogen and oxygen atoms in total. The molecule has 0 heterocycles. The van der Waals surface area contributed by atoms with Crippen LogP contribution in [0.3, 0.4) is 0 Å². The molecule has 15 heavy (non-hydrogen) atoms. The lowest BCUT2D eigenvalue weighted by Gasteiger charge is -2.11. The molecule has 0 saturated heterocycles. The van der Waals surface area contributed by atoms with Gasteiger partial charge in [0.05, 0.1) is 5.71 Å². The molecule has 1 aliphatic carbocycles. The molecule has 0 N–H and O–H groups in total. The summed E-state index contributed by atoms with van der Waals surface area (Å²) in [5.74, 6) is 0.832. The van der Waals surface area contributed by atoms with Crippen LogP contribution in [-0.2, 0) is 0 Å². The van der Waals surface area contributed by atoms with Crippen molar-refractivity contribution >= 4 is 5.71 Å². The number of oxime groups is 1. The van der Waals surface area contributed by atoms with Crippen LogP contribution >= 0.6 is 0 Å². The van der Waals surface area contributed by atoms with Crippen molar-refractivity contribution in [2.75, 3.05) is 0 Å². The highest BCUT2D eigenvalue weighted by molar-refractivity contribution is 5.84. The summed E-state index contributed by atoms with van der Waals surface area (Å²) in [7, 11) is 0. The molecule has 80 valence electrons. The zero-order valence-corrected chi connectivity index (χ0v) is 9.20. The van der Waals surface area contributed by atoms with E-state index in [1.54, 1.807) is 0 Å². The van der Waals surface area contributed by atoms with Gasteiger partial charge >= 0.3 is 0 Å². The molecule has 2 rings (SSSR count). The highest BCUT2D eigenvalue weighted by Crippen LogP contribution is 2.16. The van der Waals surface area contributed by atoms with Gasteiger partial charge in [-0.15, -0.1) is 0 Å². The summed E-state index contributed by atoms with van der Waals surface area (Å²) >= 11 is 0. The molecule has 2 heteroatoms. The molecule has 0 radical (unpaired) electrons. The largest absolute Gasteiger partial charge is 0.357 e. The first kappa shape index (κ1) is 10.2. The van der Waals surface area contributed by atoms with E-state index >= 15 is 0 Å². The lowest BCUT2D eigenvalue weighted by Crippen LogP contribution is -2.06. The van der Waals surface area contributed by atoms with Crippen LogP contribution < -0.4 is 4.84 Å². The third kappa shape index (κ3) is 3.08. The molecule has 0 atom stereocenters. The van der Waals surface area contributed by atoms with Crippen LogP contribution in [0, 0.1) is 6.92 Å². The molecule has 0 aromatic heterocycles. The number of nitrogens with zero attached hydrogens (tertiary/aromatic N) is 1. The first-order valence-electron chi connectivity index (χ1n) is 5.64. The van der Waals surface area contributed by atoms with Gasteiger partial charge in [0.15, 0.2) is 5.75 Å². The maximum absolute atomic E-state index is 5.39. The number of benzene rings is 1. The Morgan fingerprint density at radius 3 is 2.33 bits per heavy atom. The van der Waals surface area contributed by atoms with Gasteiger partial charge in [-0.2, -0.15) is 0 Å². The van der Waals surface area contributed by atoms with Gasteiger partial charge in [0.2, 0.25) is 0 Å². The molecule has 0 amide bonds. The van der Waals surface area contributed by atoms with Gasteiger partial charge in [-0.1, -0.05) is 29.3 Å². The average Bonchev–Trinajstić information content (AvgIpc) is 2.30. The first-order chi connectivity index (χ1) is 7.34. The second kappa shape index (κ2) is 4.96. The zero-order chi connectivity index (χ0) is 10.5. The molecule has 0 aliphatic heterocycles. The van der Waals surface area contributed by atoms with Crippen molar-refractivity contribution in [2.24, 2.45) is 5.16 Å². The van der Waals surface area contributed by atoms with Gasteiger partial charge in [-0.3, -0.25) is 0 Å². The van der Waals surface area contributed by atoms with Gasteiger partial charge in [0.25, 0.3) is 0 Å². The van der Waals surface area contributed by atoms with Gasteiger partial charge in [0.1, 0.15) is 0 Å². The van der Waals surface area contributed by atoms with Crippen LogP contribution in [0.5, 0.6) is 5.75 Å². The Hall–Kier alpha value is -1.31. The Morgan fingerprint density at radius 2 is 1.67 bits per heavy atom. The molecule has 0 spiro atoms. The quantitative estimate of drug-likeness (QED) is 0.672. The highest BCUT2D eigenvalue weighted by atomic mass is 16.6. The summed E-state index contributed by atoms with van der Waals surface area (Å²) < 4.78 is 0. The van der Waals surface area contributed by atoms with E-state index in [-0.39, 0.29) is 0 Å². The highest BCUT2D eigenvalue weighted by Gasteiger charge is 2.07. The third-order valence-corrected chi connectivity index (χ3v) is 2.73. The SMILES string of the molecule is Cc1ccc(ON=C2CCCCC2)cc1. The van der Waals surface area contributed by atoms with E-state index < -0.39 is 0 Å². The average molecular weight is 203 g/mol. The number of hydrogen-bond acceptors (Lipinski definition) is 2. The first-order valence-corrected chi connectivity index (χ1v) is 5.64. The molecule has 1 aromatic rings. The molecular weight excluding hydrogens is 186 g/mol. The van der Waals surface area contributed by atoms with Crippen LogP contribution in [0.25, 0.3) is 0 Å². The molecule has 0 unspecified atom stereocenters. The van der Waals surface area contributed by atoms with Crippen molar-refractivity contribution in [3.05, 3.63) is 29.8 Å². The lowest BCUT2D eigenvalue weighted by molar-refractivity contribution is 0.336. The van der Waals surface area contributed by atoms with Gasteiger partial charge < -0.3 is 4.84 Å². The van der Waals surface area contributed by atoms with Gasteiger partial charge in [-0.05, 0) is 44.7 Å². The van der Waals surface area contributed by atoms with Crippen LogP contribution in [0.1, 0.15) is 37.7 Å². The molecular formula is C13H17NO. The van der Waals surface area contributed by atoms with Crippen LogP contribution in [0.15, 0.2) is 29.4 Å². The van der Waals surface area contributed by atoms with Crippen molar-refractivity contribution in [3.63, 3.8) is 0 Å². The summed E-state index contributed by atoms with van der Waals surface area (Å²) in [5, 5.41) is 4.20. The second-order valence-corrected chi connectivity index (χ2v) is 4.12. The Kier molecular flexibility index (Phi) is 3.38. The summed E-state index contributed by atoms with van der Waals surface area (Å²) in [6, 6.07) is 8.00. The monoisotopic (exact) mass is 203 g/mol. The van der Waals surface area contributed by atoms with Crippen LogP contribution in [0.2, 0.25) is 0 Å². The van der Waals surface area contributed by atoms with Crippen molar-refractivity contribution in [3.8, 4) is 5.75 Å². The fourth-order valence-electron chi connectivity index (χ4n) is 1.77. The maximum atomic E-state index is 5.39. The van der Waals surface area contributed by atoms with E-state index in [9.17, 15) is 0 Å². The summed E-state index contributed by atoms with van der Waals surface area (Å²) in [6.07, 6.45) is 6.06. The van der Waals surface area contributed by atoms with E-state index in [1.165, 1.54) is 30.5 Å². The van der Waals surface area contributed by atoms with Gasteiger partial charge in [-0.25, -0.2) is 0 Å². The third-order valence-electron chi connectivity index (χ3n) is 2.73. The molecule has 1 saturated carbocycles. The normalized spacial score (nSPS) is 16.2. The fourth-order valence-corrected chi connectivity index (χ4v) is 1.77. The van der Waals surface area contributed by atoms with Gasteiger partial charge in [0, 0.05) is 0 Å². The summed E-state index contributed by atoms with van der Waals surface area (Å²) in [6.45, 7) is 2.07. The molecule has 1 aliphatic rings. The molecule has 1 fully saturated rings. The Bertz CT molecular complexity index is 332. The number of hydrogen-bond donors (Lipinski definition) is 0. The summed E-state index contributed by atoms with van der Waals surface area (Å²) in [5.41, 5.74) is 2.45. The molecule has 0 bridgehead atoms. The Balaban J connectivity index is 1.94. The van der Waals surface area contributed by atoms with E-state index in [0.29, 0.717) is 0 Å². The van der Waals surface area contributed by atoms with Crippen molar-refractivity contribution in [1.29, 1.82) is 0 Å². The lowest BCUT2D eigenvalue weighted by atomic mass is 9.99. The Labute approximate surface area is 90.9 Å². The van der Waals surface area contributed by atoms with E-state index in [1.807, 2.05) is 24.3 Å². The topological polar surface area (TPSA) is 21.6 Å². The maximum Gasteiger partial charge on any atom is 0.157 e.